The minimum absolute atomic E-state index is 1.01. The molecule has 0 saturated carbocycles. The summed E-state index contributed by atoms with van der Waals surface area (Å²) in [5.74, 6) is 0. The van der Waals surface area contributed by atoms with E-state index in [4.69, 9.17) is 0 Å². The van der Waals surface area contributed by atoms with Gasteiger partial charge in [-0.3, -0.25) is 0 Å². The Hall–Kier alpha value is -1.01. The molecule has 0 fully saturated rings. The van der Waals surface area contributed by atoms with E-state index in [0.717, 1.165) is 4.52 Å². The van der Waals surface area contributed by atoms with Gasteiger partial charge >= 0.3 is 147 Å². The second kappa shape index (κ2) is 6.06. The second-order valence-electron chi connectivity index (χ2n) is 5.32. The van der Waals surface area contributed by atoms with E-state index in [1.807, 2.05) is 0 Å². The summed E-state index contributed by atoms with van der Waals surface area (Å²) in [4.78, 5) is 0. The summed E-state index contributed by atoms with van der Waals surface area (Å²) in [5, 5.41) is 0. The van der Waals surface area contributed by atoms with Crippen LogP contribution in [0.5, 0.6) is 0 Å². The number of hydrogen-bond acceptors (Lipinski definition) is 1. The van der Waals surface area contributed by atoms with Crippen molar-refractivity contribution >= 4 is 6.79 Å². The SMILES string of the molecule is FC(F)(F)CO[P-](F)(F)(C(F)(F)C(F)(F)F)(C(F)(F)C(F)(F)F)C(F)(F)C(F)(F)F. The molecule has 0 amide bonds. The summed E-state index contributed by atoms with van der Waals surface area (Å²) in [7, 11) is 0. The van der Waals surface area contributed by atoms with E-state index in [1.54, 1.807) is 0 Å². The summed E-state index contributed by atoms with van der Waals surface area (Å²) in [6.45, 7) is -19.8. The second-order valence-corrected chi connectivity index (χ2v) is 9.90. The van der Waals surface area contributed by atoms with Gasteiger partial charge in [0.15, 0.2) is 0 Å². The fourth-order valence-corrected chi connectivity index (χ4v) is 5.44. The zero-order valence-electron chi connectivity index (χ0n) is 12.6. The van der Waals surface area contributed by atoms with Crippen LogP contribution in [0.2, 0.25) is 0 Å². The molecule has 0 N–H and O–H groups in total. The Kier molecular flexibility index (Phi) is 5.86. The fraction of sp³-hybridized carbons (Fsp3) is 1.00. The molecule has 1 nitrogen and oxygen atoms in total. The third-order valence-electron chi connectivity index (χ3n) is 3.37. The Balaban J connectivity index is 8.32. The van der Waals surface area contributed by atoms with Crippen LogP contribution >= 0.6 is 6.79 Å². The van der Waals surface area contributed by atoms with Crippen molar-refractivity contribution in [1.82, 2.24) is 0 Å². The molecule has 0 heterocycles. The first kappa shape index (κ1) is 29.0. The Bertz CT molecular complexity index is 597. The van der Waals surface area contributed by atoms with Gasteiger partial charge in [-0.05, 0) is 0 Å². The van der Waals surface area contributed by atoms with Crippen LogP contribution in [0.4, 0.5) is 87.4 Å². The molecular weight excluding hydrogens is 523 g/mol. The molecule has 0 aromatic rings. The van der Waals surface area contributed by atoms with E-state index in [2.05, 4.69) is 0 Å². The summed E-state index contributed by atoms with van der Waals surface area (Å²) in [5.41, 5.74) is -29.5. The zero-order valence-corrected chi connectivity index (χ0v) is 13.5. The molecule has 0 bridgehead atoms. The van der Waals surface area contributed by atoms with Crippen molar-refractivity contribution in [1.29, 1.82) is 0 Å². The molecule has 0 aliphatic rings. The minimum atomic E-state index is -14.9. The summed E-state index contributed by atoms with van der Waals surface area (Å²) in [6, 6.07) is 0. The third-order valence-corrected chi connectivity index (χ3v) is 8.48. The summed E-state index contributed by atoms with van der Waals surface area (Å²) < 4.78 is 257. The van der Waals surface area contributed by atoms with E-state index >= 15 is 0 Å². The average Bonchev–Trinajstić information content (AvgIpc) is 2.41. The molecule has 0 spiro atoms. The maximum atomic E-state index is 14.6. The predicted molar refractivity (Wildman–Crippen MR) is 54.1 cm³/mol. The van der Waals surface area contributed by atoms with Crippen LogP contribution in [0.1, 0.15) is 0 Å². The zero-order chi connectivity index (χ0) is 25.3. The van der Waals surface area contributed by atoms with Crippen LogP contribution in [-0.4, -0.2) is 48.3 Å². The number of hydrogen-bond donors (Lipinski definition) is 0. The van der Waals surface area contributed by atoms with Crippen molar-refractivity contribution in [3.05, 3.63) is 0 Å². The number of alkyl halides is 18. The predicted octanol–water partition coefficient (Wildman–Crippen LogP) is 7.80. The standard InChI is InChI=1S/C8H2F20OP/c9-2(10,11)1-29-30(27,28,6(21,22)3(12,13)14,7(23,24)4(15,16)17)8(25,26)5(18,19)20/h1H2/q-1. The molecule has 0 atom stereocenters. The van der Waals surface area contributed by atoms with Gasteiger partial charge in [0, 0.05) is 0 Å². The van der Waals surface area contributed by atoms with Crippen molar-refractivity contribution in [3.8, 4) is 0 Å². The van der Waals surface area contributed by atoms with Crippen LogP contribution in [0.3, 0.4) is 0 Å². The Morgan fingerprint density at radius 1 is 0.433 bits per heavy atom. The fourth-order valence-electron chi connectivity index (χ4n) is 1.81. The average molecular weight is 525 g/mol. The van der Waals surface area contributed by atoms with Gasteiger partial charge < -0.3 is 0 Å². The third kappa shape index (κ3) is 2.85. The molecule has 0 aliphatic carbocycles. The Morgan fingerprint density at radius 3 is 0.767 bits per heavy atom. The summed E-state index contributed by atoms with van der Waals surface area (Å²) in [6.07, 6.45) is -33.5. The van der Waals surface area contributed by atoms with E-state index in [9.17, 15) is 87.4 Å². The molecule has 0 saturated heterocycles. The van der Waals surface area contributed by atoms with Gasteiger partial charge in [0.25, 0.3) is 0 Å². The van der Waals surface area contributed by atoms with Crippen molar-refractivity contribution < 1.29 is 91.9 Å². The van der Waals surface area contributed by atoms with E-state index in [0.29, 0.717) is 0 Å². The van der Waals surface area contributed by atoms with Gasteiger partial charge in [0.1, 0.15) is 0 Å². The normalized spacial score (nSPS) is 18.8. The molecule has 0 rings (SSSR count). The topological polar surface area (TPSA) is 9.23 Å². The van der Waals surface area contributed by atoms with Gasteiger partial charge in [-0.25, -0.2) is 0 Å². The molecule has 0 aromatic heterocycles. The Morgan fingerprint density at radius 2 is 0.633 bits per heavy atom. The molecule has 0 aromatic carbocycles. The molecule has 30 heavy (non-hydrogen) atoms. The summed E-state index contributed by atoms with van der Waals surface area (Å²) >= 11 is 0. The number of rotatable bonds is 5. The molecule has 0 unspecified atom stereocenters. The van der Waals surface area contributed by atoms with Crippen LogP contribution in [0, 0.1) is 0 Å². The molecule has 0 radical (unpaired) electrons. The van der Waals surface area contributed by atoms with Gasteiger partial charge in [0.2, 0.25) is 0 Å². The Labute approximate surface area is 148 Å². The van der Waals surface area contributed by atoms with Gasteiger partial charge in [-0.2, -0.15) is 0 Å². The van der Waals surface area contributed by atoms with Crippen molar-refractivity contribution in [3.63, 3.8) is 0 Å². The van der Waals surface area contributed by atoms with Crippen LogP contribution in [0.15, 0.2) is 0 Å². The molecule has 0 aliphatic heterocycles. The van der Waals surface area contributed by atoms with E-state index in [-0.39, 0.29) is 0 Å². The molecular formula is C8H2F20OP-. The quantitative estimate of drug-likeness (QED) is 0.263. The van der Waals surface area contributed by atoms with Crippen LogP contribution < -0.4 is 0 Å². The van der Waals surface area contributed by atoms with Gasteiger partial charge in [0.05, 0.1) is 0 Å². The van der Waals surface area contributed by atoms with E-state index in [1.165, 1.54) is 0 Å². The molecule has 22 heteroatoms. The van der Waals surface area contributed by atoms with Gasteiger partial charge in [-0.15, -0.1) is 0 Å². The maximum absolute atomic E-state index is 14.9. The van der Waals surface area contributed by atoms with Crippen LogP contribution in [0.25, 0.3) is 0 Å². The number of halogens is 20. The first-order valence-electron chi connectivity index (χ1n) is 5.99. The monoisotopic (exact) mass is 525 g/mol. The van der Waals surface area contributed by atoms with Crippen molar-refractivity contribution in [2.75, 3.05) is 6.61 Å². The first-order chi connectivity index (χ1) is 12.3. The van der Waals surface area contributed by atoms with Gasteiger partial charge in [-0.1, -0.05) is 0 Å². The van der Waals surface area contributed by atoms with Crippen LogP contribution in [-0.2, 0) is 4.52 Å². The van der Waals surface area contributed by atoms with Crippen molar-refractivity contribution in [2.45, 2.75) is 41.7 Å². The molecule has 186 valence electrons. The van der Waals surface area contributed by atoms with E-state index < -0.39 is 55.1 Å². The first-order valence-corrected chi connectivity index (χ1v) is 8.37. The van der Waals surface area contributed by atoms with Crippen molar-refractivity contribution in [2.24, 2.45) is 0 Å².